The Hall–Kier alpha value is -0.890. The van der Waals surface area contributed by atoms with Crippen LogP contribution in [0.25, 0.3) is 0 Å². The zero-order valence-corrected chi connectivity index (χ0v) is 7.84. The summed E-state index contributed by atoms with van der Waals surface area (Å²) < 4.78 is 13.3. The average molecular weight is 180 g/mol. The van der Waals surface area contributed by atoms with Crippen LogP contribution < -0.4 is 0 Å². The highest BCUT2D eigenvalue weighted by atomic mass is 19.1. The van der Waals surface area contributed by atoms with Crippen LogP contribution >= 0.6 is 0 Å². The number of hydrogen-bond donors (Lipinski definition) is 1. The minimum Gasteiger partial charge on any atom is -0.385 e. The highest BCUT2D eigenvalue weighted by molar-refractivity contribution is 5.33. The van der Waals surface area contributed by atoms with Gasteiger partial charge in [0.05, 0.1) is 5.60 Å². The van der Waals surface area contributed by atoms with E-state index in [4.69, 9.17) is 0 Å². The lowest BCUT2D eigenvalue weighted by atomic mass is 10.0. The molecule has 0 spiro atoms. The molecule has 1 aromatic rings. The van der Waals surface area contributed by atoms with Crippen LogP contribution in [0.5, 0.6) is 0 Å². The van der Waals surface area contributed by atoms with Gasteiger partial charge in [-0.2, -0.15) is 0 Å². The molecule has 0 heterocycles. The standard InChI is InChI=1S/C11H13FO/c1-7-3-4-10(12)9(5-7)11(13)6-8(11)2/h3-5,8,13H,6H2,1-2H3. The Balaban J connectivity index is 2.46. The molecule has 2 heteroatoms. The van der Waals surface area contributed by atoms with Crippen LogP contribution in [0, 0.1) is 18.7 Å². The lowest BCUT2D eigenvalue weighted by Gasteiger charge is -2.11. The van der Waals surface area contributed by atoms with Gasteiger partial charge >= 0.3 is 0 Å². The molecule has 0 aliphatic heterocycles. The van der Waals surface area contributed by atoms with E-state index in [1.807, 2.05) is 13.8 Å². The van der Waals surface area contributed by atoms with E-state index in [2.05, 4.69) is 0 Å². The van der Waals surface area contributed by atoms with E-state index < -0.39 is 5.60 Å². The normalized spacial score (nSPS) is 31.8. The second-order valence-electron chi connectivity index (χ2n) is 4.01. The third kappa shape index (κ3) is 1.25. The molecule has 1 aliphatic rings. The molecule has 1 aliphatic carbocycles. The molecule has 13 heavy (non-hydrogen) atoms. The third-order valence-electron chi connectivity index (χ3n) is 2.86. The van der Waals surface area contributed by atoms with Crippen molar-refractivity contribution in [2.45, 2.75) is 25.9 Å². The molecule has 70 valence electrons. The van der Waals surface area contributed by atoms with Crippen LogP contribution in [-0.4, -0.2) is 5.11 Å². The van der Waals surface area contributed by atoms with E-state index in [0.717, 1.165) is 5.56 Å². The Labute approximate surface area is 77.2 Å². The fraction of sp³-hybridized carbons (Fsp3) is 0.455. The van der Waals surface area contributed by atoms with Crippen LogP contribution in [0.1, 0.15) is 24.5 Å². The number of aliphatic hydroxyl groups is 1. The van der Waals surface area contributed by atoms with Gasteiger partial charge in [-0.1, -0.05) is 24.6 Å². The van der Waals surface area contributed by atoms with E-state index >= 15 is 0 Å². The van der Waals surface area contributed by atoms with Crippen molar-refractivity contribution in [1.29, 1.82) is 0 Å². The summed E-state index contributed by atoms with van der Waals surface area (Å²) in [6, 6.07) is 4.88. The molecular formula is C11H13FO. The van der Waals surface area contributed by atoms with Gasteiger partial charge in [0.25, 0.3) is 0 Å². The third-order valence-corrected chi connectivity index (χ3v) is 2.86. The highest BCUT2D eigenvalue weighted by Gasteiger charge is 2.52. The van der Waals surface area contributed by atoms with E-state index in [1.54, 1.807) is 12.1 Å². The zero-order chi connectivity index (χ0) is 9.64. The highest BCUT2D eigenvalue weighted by Crippen LogP contribution is 2.52. The van der Waals surface area contributed by atoms with Gasteiger partial charge < -0.3 is 5.11 Å². The zero-order valence-electron chi connectivity index (χ0n) is 7.84. The van der Waals surface area contributed by atoms with Gasteiger partial charge in [0.2, 0.25) is 0 Å². The monoisotopic (exact) mass is 180 g/mol. The predicted octanol–water partition coefficient (Wildman–Crippen LogP) is 2.36. The molecule has 0 aromatic heterocycles. The summed E-state index contributed by atoms with van der Waals surface area (Å²) in [6.07, 6.45) is 0.674. The molecule has 2 unspecified atom stereocenters. The summed E-state index contributed by atoms with van der Waals surface area (Å²) in [4.78, 5) is 0. The summed E-state index contributed by atoms with van der Waals surface area (Å²) in [5, 5.41) is 9.93. The number of benzene rings is 1. The molecular weight excluding hydrogens is 167 g/mol. The van der Waals surface area contributed by atoms with Gasteiger partial charge in [-0.05, 0) is 25.3 Å². The van der Waals surface area contributed by atoms with Crippen molar-refractivity contribution in [3.8, 4) is 0 Å². The molecule has 0 bridgehead atoms. The second-order valence-corrected chi connectivity index (χ2v) is 4.01. The average Bonchev–Trinajstić information content (AvgIpc) is 2.66. The van der Waals surface area contributed by atoms with Crippen LogP contribution in [0.3, 0.4) is 0 Å². The Morgan fingerprint density at radius 3 is 2.69 bits per heavy atom. The Kier molecular flexibility index (Phi) is 1.70. The van der Waals surface area contributed by atoms with Crippen LogP contribution in [0.2, 0.25) is 0 Å². The second kappa shape index (κ2) is 2.55. The number of rotatable bonds is 1. The predicted molar refractivity (Wildman–Crippen MR) is 48.8 cm³/mol. The summed E-state index contributed by atoms with van der Waals surface area (Å²) in [5.41, 5.74) is 0.555. The number of aryl methyl sites for hydroxylation is 1. The van der Waals surface area contributed by atoms with Crippen molar-refractivity contribution in [3.63, 3.8) is 0 Å². The van der Waals surface area contributed by atoms with E-state index in [9.17, 15) is 9.50 Å². The first-order chi connectivity index (χ1) is 6.04. The Morgan fingerprint density at radius 1 is 1.54 bits per heavy atom. The first-order valence-corrected chi connectivity index (χ1v) is 4.53. The molecule has 1 aromatic carbocycles. The SMILES string of the molecule is Cc1ccc(F)c(C2(O)CC2C)c1. The first-order valence-electron chi connectivity index (χ1n) is 4.53. The first kappa shape index (κ1) is 8.70. The molecule has 0 radical (unpaired) electrons. The van der Waals surface area contributed by atoms with Gasteiger partial charge in [0, 0.05) is 5.56 Å². The lowest BCUT2D eigenvalue weighted by molar-refractivity contribution is 0.130. The van der Waals surface area contributed by atoms with Crippen molar-refractivity contribution in [2.24, 2.45) is 5.92 Å². The summed E-state index contributed by atoms with van der Waals surface area (Å²) in [5.74, 6) is -0.110. The van der Waals surface area contributed by atoms with Crippen LogP contribution in [-0.2, 0) is 5.60 Å². The Bertz CT molecular complexity index is 348. The number of halogens is 1. The van der Waals surface area contributed by atoms with Gasteiger partial charge in [-0.15, -0.1) is 0 Å². The molecule has 1 nitrogen and oxygen atoms in total. The topological polar surface area (TPSA) is 20.2 Å². The summed E-state index contributed by atoms with van der Waals surface area (Å²) >= 11 is 0. The molecule has 0 saturated heterocycles. The molecule has 0 amide bonds. The van der Waals surface area contributed by atoms with Crippen molar-refractivity contribution >= 4 is 0 Å². The largest absolute Gasteiger partial charge is 0.385 e. The maximum absolute atomic E-state index is 13.3. The van der Waals surface area contributed by atoms with Gasteiger partial charge in [-0.25, -0.2) is 4.39 Å². The smallest absolute Gasteiger partial charge is 0.129 e. The van der Waals surface area contributed by atoms with Crippen molar-refractivity contribution in [2.75, 3.05) is 0 Å². The molecule has 1 N–H and O–H groups in total. The summed E-state index contributed by atoms with van der Waals surface area (Å²) in [6.45, 7) is 3.83. The molecule has 2 rings (SSSR count). The van der Waals surface area contributed by atoms with Gasteiger partial charge in [0.15, 0.2) is 0 Å². The maximum Gasteiger partial charge on any atom is 0.129 e. The van der Waals surface area contributed by atoms with E-state index in [1.165, 1.54) is 6.07 Å². The van der Waals surface area contributed by atoms with Crippen molar-refractivity contribution < 1.29 is 9.50 Å². The summed E-state index contributed by atoms with van der Waals surface area (Å²) in [7, 11) is 0. The molecule has 1 fully saturated rings. The van der Waals surface area contributed by atoms with E-state index in [-0.39, 0.29) is 11.7 Å². The van der Waals surface area contributed by atoms with Gasteiger partial charge in [-0.3, -0.25) is 0 Å². The van der Waals surface area contributed by atoms with Gasteiger partial charge in [0.1, 0.15) is 5.82 Å². The fourth-order valence-electron chi connectivity index (χ4n) is 1.75. The van der Waals surface area contributed by atoms with E-state index in [0.29, 0.717) is 12.0 Å². The lowest BCUT2D eigenvalue weighted by Crippen LogP contribution is -2.10. The molecule has 1 saturated carbocycles. The maximum atomic E-state index is 13.3. The quantitative estimate of drug-likeness (QED) is 0.703. The number of hydrogen-bond acceptors (Lipinski definition) is 1. The van der Waals surface area contributed by atoms with Crippen molar-refractivity contribution in [1.82, 2.24) is 0 Å². The molecule has 2 atom stereocenters. The minimum atomic E-state index is -0.893. The minimum absolute atomic E-state index is 0.184. The Morgan fingerprint density at radius 2 is 2.15 bits per heavy atom. The van der Waals surface area contributed by atoms with Crippen LogP contribution in [0.15, 0.2) is 18.2 Å². The van der Waals surface area contributed by atoms with Crippen molar-refractivity contribution in [3.05, 3.63) is 35.1 Å². The van der Waals surface area contributed by atoms with Crippen LogP contribution in [0.4, 0.5) is 4.39 Å². The fourth-order valence-corrected chi connectivity index (χ4v) is 1.75.